The number of hydrogen-bond donors (Lipinski definition) is 7. The van der Waals surface area contributed by atoms with Gasteiger partial charge in [0.25, 0.3) is 0 Å². The number of carbonyl (C=O) groups excluding carboxylic acids is 1. The van der Waals surface area contributed by atoms with E-state index in [1.807, 2.05) is 0 Å². The highest BCUT2D eigenvalue weighted by Gasteiger charge is 2.35. The number of carboxylic acids is 2. The van der Waals surface area contributed by atoms with Gasteiger partial charge in [0, 0.05) is 41.3 Å². The van der Waals surface area contributed by atoms with Gasteiger partial charge in [-0.1, -0.05) is 0 Å². The number of ether oxygens (including phenoxy) is 1. The van der Waals surface area contributed by atoms with Gasteiger partial charge in [-0.2, -0.15) is 0 Å². The van der Waals surface area contributed by atoms with E-state index in [1.54, 1.807) is 0 Å². The smallest absolute Gasteiger partial charge is 0.340 e. The number of carbonyl (C=O) groups is 3. The van der Waals surface area contributed by atoms with Gasteiger partial charge in [-0.3, -0.25) is 19.2 Å². The molecule has 302 valence electrons. The molecule has 0 saturated heterocycles. The average Bonchev–Trinajstić information content (AvgIpc) is 3.18. The third-order valence-corrected chi connectivity index (χ3v) is 10.4. The lowest BCUT2D eigenvalue weighted by Gasteiger charge is -2.23. The Morgan fingerprint density at radius 1 is 0.700 bits per heavy atom. The van der Waals surface area contributed by atoms with Crippen molar-refractivity contribution in [2.45, 2.75) is 33.8 Å². The first-order valence-electron chi connectivity index (χ1n) is 17.4. The zero-order valence-electron chi connectivity index (χ0n) is 30.9. The molecular weight excluding hydrogens is 794 g/mol. The molecule has 19 heteroatoms. The largest absolute Gasteiger partial charge is 0.505 e. The summed E-state index contributed by atoms with van der Waals surface area (Å²) in [7, 11) is 0. The van der Waals surface area contributed by atoms with Gasteiger partial charge >= 0.3 is 11.9 Å². The Bertz CT molecular complexity index is 3390. The number of ketones is 1. The molecule has 0 radical (unpaired) electrons. The fourth-order valence-corrected chi connectivity index (χ4v) is 7.56. The van der Waals surface area contributed by atoms with Crippen LogP contribution in [0.15, 0.2) is 63.1 Å². The highest BCUT2D eigenvalue weighted by Crippen LogP contribution is 2.48. The van der Waals surface area contributed by atoms with Crippen molar-refractivity contribution in [3.8, 4) is 57.1 Å². The number of carboxylic acid groups (broad SMARTS) is 2. The van der Waals surface area contributed by atoms with E-state index in [0.717, 1.165) is 31.2 Å². The first-order valence-corrected chi connectivity index (χ1v) is 17.4. The molecular formula is C41H25NO18. The molecule has 4 aromatic carbocycles. The van der Waals surface area contributed by atoms with Gasteiger partial charge in [-0.25, -0.2) is 9.59 Å². The van der Waals surface area contributed by atoms with Gasteiger partial charge in [-0.15, -0.1) is 4.91 Å². The summed E-state index contributed by atoms with van der Waals surface area (Å²) in [5, 5.41) is 73.0. The summed E-state index contributed by atoms with van der Waals surface area (Å²) >= 11 is 0. The topological polar surface area (TPSA) is 322 Å². The molecule has 0 aliphatic carbocycles. The van der Waals surface area contributed by atoms with Gasteiger partial charge < -0.3 is 53.7 Å². The van der Waals surface area contributed by atoms with Crippen LogP contribution in [0.2, 0.25) is 0 Å². The fourth-order valence-electron chi connectivity index (χ4n) is 7.56. The molecule has 7 aromatic rings. The molecule has 4 heterocycles. The van der Waals surface area contributed by atoms with E-state index in [-0.39, 0.29) is 72.6 Å². The quantitative estimate of drug-likeness (QED) is 0.0422. The fraction of sp³-hybridized carbons (Fsp3) is 0.122. The Hall–Kier alpha value is -8.48. The Balaban J connectivity index is 1.48. The molecule has 0 spiro atoms. The van der Waals surface area contributed by atoms with Crippen molar-refractivity contribution in [3.05, 3.63) is 111 Å². The van der Waals surface area contributed by atoms with Crippen molar-refractivity contribution in [1.29, 1.82) is 0 Å². The van der Waals surface area contributed by atoms with E-state index >= 15 is 0 Å². The number of aromatic carboxylic acids is 2. The zero-order chi connectivity index (χ0) is 43.4. The van der Waals surface area contributed by atoms with Crippen LogP contribution in [0.3, 0.4) is 0 Å². The molecule has 0 unspecified atom stereocenters. The Labute approximate surface area is 330 Å². The predicted octanol–water partition coefficient (Wildman–Crippen LogP) is 5.96. The summed E-state index contributed by atoms with van der Waals surface area (Å²) in [5.74, 6) is -9.88. The number of phenolic OH excluding ortho intramolecular Hbond substituents is 3. The molecule has 1 aliphatic rings. The maximum absolute atomic E-state index is 14.8. The van der Waals surface area contributed by atoms with Gasteiger partial charge in [0.05, 0.1) is 32.8 Å². The summed E-state index contributed by atoms with van der Waals surface area (Å²) in [6, 6.07) is 4.80. The molecule has 3 aromatic heterocycles. The van der Waals surface area contributed by atoms with Crippen LogP contribution >= 0.6 is 0 Å². The number of hydrogen-bond acceptors (Lipinski definition) is 17. The van der Waals surface area contributed by atoms with Crippen molar-refractivity contribution in [2.75, 3.05) is 0 Å². The maximum atomic E-state index is 14.8. The van der Waals surface area contributed by atoms with Crippen LogP contribution in [0.4, 0.5) is 5.69 Å². The van der Waals surface area contributed by atoms with Crippen molar-refractivity contribution >= 4 is 56.3 Å². The van der Waals surface area contributed by atoms with E-state index < -0.39 is 115 Å². The summed E-state index contributed by atoms with van der Waals surface area (Å²) in [5.41, 5.74) is -8.44. The number of Topliss-reactive ketones (excluding diaryl/α,β-unsaturated/α-hetero) is 1. The van der Waals surface area contributed by atoms with E-state index in [1.165, 1.54) is 19.9 Å². The first kappa shape index (κ1) is 38.4. The average molecular weight is 820 g/mol. The summed E-state index contributed by atoms with van der Waals surface area (Å²) in [6.07, 6.45) is -0.756. The van der Waals surface area contributed by atoms with Gasteiger partial charge in [-0.05, 0) is 43.6 Å². The summed E-state index contributed by atoms with van der Waals surface area (Å²) in [4.78, 5) is 92.9. The molecule has 0 bridgehead atoms. The first-order chi connectivity index (χ1) is 28.4. The molecule has 7 N–H and O–H groups in total. The SMILES string of the molecule is CC(=O)c1c(C)c(-c2oc3cc(N=O)c(O)c(C(=O)O)c3c(=O)c2Cc2c(C)oc3c(c2=O)COc2cc(O)c(O)c(C(=O)O)c2-3)cc2c(=O)c3cc(O)c(O)cc3oc12. The van der Waals surface area contributed by atoms with Crippen molar-refractivity contribution in [3.63, 3.8) is 0 Å². The van der Waals surface area contributed by atoms with E-state index in [0.29, 0.717) is 0 Å². The van der Waals surface area contributed by atoms with Crippen LogP contribution < -0.4 is 21.0 Å². The maximum Gasteiger partial charge on any atom is 0.340 e. The van der Waals surface area contributed by atoms with E-state index in [2.05, 4.69) is 5.18 Å². The second kappa shape index (κ2) is 13.3. The second-order valence-corrected chi connectivity index (χ2v) is 13.8. The lowest BCUT2D eigenvalue weighted by atomic mass is 9.89. The number of fused-ring (bicyclic) bond motifs is 6. The van der Waals surface area contributed by atoms with Crippen LogP contribution in [-0.2, 0) is 13.0 Å². The van der Waals surface area contributed by atoms with E-state index in [9.17, 15) is 69.4 Å². The van der Waals surface area contributed by atoms with Gasteiger partial charge in [0.1, 0.15) is 57.5 Å². The molecule has 0 amide bonds. The van der Waals surface area contributed by atoms with Crippen molar-refractivity contribution in [2.24, 2.45) is 5.18 Å². The van der Waals surface area contributed by atoms with Gasteiger partial charge in [0.15, 0.2) is 51.1 Å². The van der Waals surface area contributed by atoms with Crippen LogP contribution in [0.25, 0.3) is 55.6 Å². The normalized spacial score (nSPS) is 12.0. The number of nitroso groups, excluding NO2 is 1. The standard InChI is InChI=1S/C41H25NO18/c1-11-14(4-17-33(48)16-6-21(44)22(45)8-24(16)59-38(17)27(11)12(2)43)37-18(34(49)28-26(60-37)7-20(42-56)35(50)30(28)40(52)53)5-15-13(3)58-39-19(32(15)47)10-57-25-9-23(46)36(51)31(29(25)39)41(54)55/h4,6-9,44-46,50-51H,5,10H2,1-3H3,(H,52,53)(H,54,55). The van der Waals surface area contributed by atoms with Crippen LogP contribution in [0.5, 0.6) is 34.5 Å². The molecule has 60 heavy (non-hydrogen) atoms. The number of aryl methyl sites for hydroxylation is 1. The Morgan fingerprint density at radius 3 is 2.03 bits per heavy atom. The molecule has 19 nitrogen and oxygen atoms in total. The Morgan fingerprint density at radius 2 is 1.38 bits per heavy atom. The number of rotatable bonds is 7. The van der Waals surface area contributed by atoms with Crippen LogP contribution in [-0.4, -0.2) is 53.5 Å². The summed E-state index contributed by atoms with van der Waals surface area (Å²) < 4.78 is 23.7. The van der Waals surface area contributed by atoms with E-state index in [4.69, 9.17) is 18.0 Å². The Kier molecular flexibility index (Phi) is 8.51. The zero-order valence-corrected chi connectivity index (χ0v) is 30.9. The van der Waals surface area contributed by atoms with Gasteiger partial charge in [0.2, 0.25) is 5.43 Å². The predicted molar refractivity (Wildman–Crippen MR) is 206 cm³/mol. The number of benzene rings is 4. The second-order valence-electron chi connectivity index (χ2n) is 13.8. The van der Waals surface area contributed by atoms with Crippen molar-refractivity contribution in [1.82, 2.24) is 0 Å². The monoisotopic (exact) mass is 819 g/mol. The number of aromatic hydroxyl groups is 5. The minimum Gasteiger partial charge on any atom is -0.505 e. The number of nitrogens with zero attached hydrogens (tertiary/aromatic N) is 1. The highest BCUT2D eigenvalue weighted by molar-refractivity contribution is 6.11. The lowest BCUT2D eigenvalue weighted by molar-refractivity contribution is 0.0683. The highest BCUT2D eigenvalue weighted by atomic mass is 16.5. The van der Waals surface area contributed by atoms with Crippen LogP contribution in [0, 0.1) is 18.8 Å². The minimum atomic E-state index is -1.88. The molecule has 0 atom stereocenters. The van der Waals surface area contributed by atoms with Crippen LogP contribution in [0.1, 0.15) is 66.0 Å². The third-order valence-electron chi connectivity index (χ3n) is 10.4. The molecule has 1 aliphatic heterocycles. The number of phenols is 5. The lowest BCUT2D eigenvalue weighted by Crippen LogP contribution is -2.25. The molecule has 0 fully saturated rings. The summed E-state index contributed by atoms with van der Waals surface area (Å²) in [6.45, 7) is 3.27. The minimum absolute atomic E-state index is 0.0266. The molecule has 0 saturated carbocycles. The van der Waals surface area contributed by atoms with Crippen molar-refractivity contribution < 1.29 is 68.1 Å². The third kappa shape index (κ3) is 5.43. The molecule has 8 rings (SSSR count).